The topological polar surface area (TPSA) is 56.0 Å². The molecule has 2 heterocycles. The van der Waals surface area contributed by atoms with Crippen LogP contribution in [0, 0.1) is 0 Å². The summed E-state index contributed by atoms with van der Waals surface area (Å²) in [7, 11) is 0. The highest BCUT2D eigenvalue weighted by molar-refractivity contribution is 7.03. The highest BCUT2D eigenvalue weighted by atomic mass is 32.1. The average Bonchev–Trinajstić information content (AvgIpc) is 2.74. The molecular weight excluding hydrogens is 188 g/mol. The van der Waals surface area contributed by atoms with Crippen molar-refractivity contribution in [3.63, 3.8) is 0 Å². The summed E-state index contributed by atoms with van der Waals surface area (Å²) in [5, 5.41) is 5.52. The van der Waals surface area contributed by atoms with E-state index in [0.717, 1.165) is 0 Å². The van der Waals surface area contributed by atoms with Crippen molar-refractivity contribution in [3.8, 4) is 0 Å². The molecule has 13 heavy (non-hydrogen) atoms. The van der Waals surface area contributed by atoms with Gasteiger partial charge >= 0.3 is 0 Å². The Hall–Kier alpha value is -1.49. The number of carbonyl (C=O) groups excluding carboxylic acids is 1. The number of furan rings is 1. The second-order valence-corrected chi connectivity index (χ2v) is 3.08. The maximum absolute atomic E-state index is 11.4. The number of aromatic nitrogens is 2. The molecule has 0 aliphatic carbocycles. The van der Waals surface area contributed by atoms with Crippen LogP contribution in [0.5, 0.6) is 0 Å². The molecule has 0 aliphatic rings. The van der Waals surface area contributed by atoms with E-state index in [-0.39, 0.29) is 12.2 Å². The molecule has 5 heteroatoms. The Morgan fingerprint density at radius 1 is 1.62 bits per heavy atom. The lowest BCUT2D eigenvalue weighted by molar-refractivity contribution is 0.0965. The normalized spacial score (nSPS) is 10.2. The van der Waals surface area contributed by atoms with Crippen molar-refractivity contribution in [2.45, 2.75) is 6.42 Å². The van der Waals surface area contributed by atoms with Crippen molar-refractivity contribution < 1.29 is 9.21 Å². The van der Waals surface area contributed by atoms with Crippen molar-refractivity contribution >= 4 is 17.3 Å². The zero-order valence-corrected chi connectivity index (χ0v) is 7.45. The van der Waals surface area contributed by atoms with Crippen LogP contribution in [0.4, 0.5) is 0 Å². The molecule has 0 saturated carbocycles. The molecule has 0 saturated heterocycles. The van der Waals surface area contributed by atoms with Gasteiger partial charge in [0, 0.05) is 5.38 Å². The highest BCUT2D eigenvalue weighted by Gasteiger charge is 2.10. The Labute approximate surface area is 78.4 Å². The highest BCUT2D eigenvalue weighted by Crippen LogP contribution is 2.06. The van der Waals surface area contributed by atoms with Gasteiger partial charge in [-0.2, -0.15) is 0 Å². The van der Waals surface area contributed by atoms with Gasteiger partial charge in [0.2, 0.25) is 5.78 Å². The number of rotatable bonds is 3. The molecule has 66 valence electrons. The number of hydrogen-bond acceptors (Lipinski definition) is 5. The minimum absolute atomic E-state index is 0.0716. The van der Waals surface area contributed by atoms with Gasteiger partial charge in [-0.05, 0) is 23.7 Å². The first-order chi connectivity index (χ1) is 6.36. The third-order valence-corrected chi connectivity index (χ3v) is 2.10. The van der Waals surface area contributed by atoms with Gasteiger partial charge in [0.15, 0.2) is 5.76 Å². The third-order valence-electron chi connectivity index (χ3n) is 1.54. The average molecular weight is 194 g/mol. The molecule has 2 aromatic rings. The van der Waals surface area contributed by atoms with Crippen LogP contribution in [0.25, 0.3) is 0 Å². The summed E-state index contributed by atoms with van der Waals surface area (Å²) in [5.41, 5.74) is 0.686. The Balaban J connectivity index is 2.08. The van der Waals surface area contributed by atoms with Crippen molar-refractivity contribution in [2.24, 2.45) is 0 Å². The SMILES string of the molecule is O=C(Cc1csnn1)c1ccco1. The van der Waals surface area contributed by atoms with Crippen LogP contribution in [0.15, 0.2) is 28.2 Å². The lowest BCUT2D eigenvalue weighted by atomic mass is 10.2. The van der Waals surface area contributed by atoms with Crippen LogP contribution in [0.1, 0.15) is 16.2 Å². The van der Waals surface area contributed by atoms with E-state index in [1.807, 2.05) is 0 Å². The Morgan fingerprint density at radius 3 is 3.15 bits per heavy atom. The molecule has 0 fully saturated rings. The van der Waals surface area contributed by atoms with E-state index in [0.29, 0.717) is 11.5 Å². The summed E-state index contributed by atoms with van der Waals surface area (Å²) in [6.07, 6.45) is 1.73. The van der Waals surface area contributed by atoms with Gasteiger partial charge in [-0.1, -0.05) is 4.49 Å². The van der Waals surface area contributed by atoms with Crippen LogP contribution in [-0.4, -0.2) is 15.4 Å². The first-order valence-electron chi connectivity index (χ1n) is 3.69. The summed E-state index contributed by atoms with van der Waals surface area (Å²) in [6, 6.07) is 3.33. The molecule has 0 bridgehead atoms. The number of hydrogen-bond donors (Lipinski definition) is 0. The lowest BCUT2D eigenvalue weighted by Gasteiger charge is -1.91. The predicted octanol–water partition coefficient (Wildman–Crippen LogP) is 1.56. The number of ketones is 1. The summed E-state index contributed by atoms with van der Waals surface area (Å²) in [5.74, 6) is 0.297. The third kappa shape index (κ3) is 1.81. The summed E-state index contributed by atoms with van der Waals surface area (Å²) in [4.78, 5) is 11.4. The van der Waals surface area contributed by atoms with Gasteiger partial charge < -0.3 is 4.42 Å². The van der Waals surface area contributed by atoms with E-state index < -0.39 is 0 Å². The minimum Gasteiger partial charge on any atom is -0.461 e. The first-order valence-corrected chi connectivity index (χ1v) is 4.52. The largest absolute Gasteiger partial charge is 0.461 e. The van der Waals surface area contributed by atoms with Crippen molar-refractivity contribution in [1.29, 1.82) is 0 Å². The fourth-order valence-corrected chi connectivity index (χ4v) is 1.40. The maximum atomic E-state index is 11.4. The van der Waals surface area contributed by atoms with Crippen LogP contribution < -0.4 is 0 Å². The smallest absolute Gasteiger partial charge is 0.204 e. The van der Waals surface area contributed by atoms with E-state index in [4.69, 9.17) is 4.42 Å². The Morgan fingerprint density at radius 2 is 2.54 bits per heavy atom. The monoisotopic (exact) mass is 194 g/mol. The fourth-order valence-electron chi connectivity index (χ4n) is 0.950. The van der Waals surface area contributed by atoms with Gasteiger partial charge in [-0.25, -0.2) is 0 Å². The molecule has 2 rings (SSSR count). The van der Waals surface area contributed by atoms with Crippen LogP contribution in [-0.2, 0) is 6.42 Å². The van der Waals surface area contributed by atoms with E-state index in [9.17, 15) is 4.79 Å². The Kier molecular flexibility index (Phi) is 2.18. The van der Waals surface area contributed by atoms with Crippen LogP contribution in [0.3, 0.4) is 0 Å². The molecule has 0 radical (unpaired) electrons. The van der Waals surface area contributed by atoms with Gasteiger partial charge in [0.05, 0.1) is 18.4 Å². The molecule has 0 N–H and O–H groups in total. The molecule has 4 nitrogen and oxygen atoms in total. The zero-order chi connectivity index (χ0) is 9.10. The zero-order valence-electron chi connectivity index (χ0n) is 6.64. The molecule has 0 unspecified atom stereocenters. The van der Waals surface area contributed by atoms with E-state index in [1.54, 1.807) is 17.5 Å². The summed E-state index contributed by atoms with van der Waals surface area (Å²) in [6.45, 7) is 0. The first kappa shape index (κ1) is 8.12. The van der Waals surface area contributed by atoms with Crippen molar-refractivity contribution in [3.05, 3.63) is 35.2 Å². The number of Topliss-reactive ketones (excluding diaryl/α,β-unsaturated/α-hetero) is 1. The van der Waals surface area contributed by atoms with E-state index >= 15 is 0 Å². The molecule has 0 aliphatic heterocycles. The maximum Gasteiger partial charge on any atom is 0.204 e. The van der Waals surface area contributed by atoms with E-state index in [1.165, 1.54) is 17.8 Å². The second-order valence-electron chi connectivity index (χ2n) is 2.47. The van der Waals surface area contributed by atoms with Gasteiger partial charge in [-0.15, -0.1) is 5.10 Å². The molecular formula is C8H6N2O2S. The minimum atomic E-state index is -0.0716. The number of carbonyl (C=O) groups is 1. The van der Waals surface area contributed by atoms with E-state index in [2.05, 4.69) is 9.59 Å². The molecule has 0 aromatic carbocycles. The predicted molar refractivity (Wildman–Crippen MR) is 46.7 cm³/mol. The standard InChI is InChI=1S/C8H6N2O2S/c11-7(8-2-1-3-12-8)4-6-5-13-10-9-6/h1-3,5H,4H2. The van der Waals surface area contributed by atoms with Crippen LogP contribution in [0.2, 0.25) is 0 Å². The van der Waals surface area contributed by atoms with Gasteiger partial charge in [0.25, 0.3) is 0 Å². The Bertz CT molecular complexity index is 380. The summed E-state index contributed by atoms with van der Waals surface area (Å²) < 4.78 is 8.62. The van der Waals surface area contributed by atoms with Gasteiger partial charge in [-0.3, -0.25) is 4.79 Å². The van der Waals surface area contributed by atoms with Crippen LogP contribution >= 0.6 is 11.5 Å². The molecule has 0 spiro atoms. The lowest BCUT2D eigenvalue weighted by Crippen LogP contribution is -2.02. The number of nitrogens with zero attached hydrogens (tertiary/aromatic N) is 2. The van der Waals surface area contributed by atoms with Gasteiger partial charge in [0.1, 0.15) is 0 Å². The quantitative estimate of drug-likeness (QED) is 0.696. The fraction of sp³-hybridized carbons (Fsp3) is 0.125. The molecule has 0 amide bonds. The summed E-state index contributed by atoms with van der Waals surface area (Å²) >= 11 is 1.23. The van der Waals surface area contributed by atoms with Crippen molar-refractivity contribution in [1.82, 2.24) is 9.59 Å². The second kappa shape index (κ2) is 3.49. The molecule has 0 atom stereocenters. The molecule has 2 aromatic heterocycles. The van der Waals surface area contributed by atoms with Crippen molar-refractivity contribution in [2.75, 3.05) is 0 Å².